The summed E-state index contributed by atoms with van der Waals surface area (Å²) in [5.41, 5.74) is 2.36. The van der Waals surface area contributed by atoms with Crippen molar-refractivity contribution in [2.24, 2.45) is 5.14 Å². The molecule has 3 rings (SSSR count). The van der Waals surface area contributed by atoms with Crippen molar-refractivity contribution < 1.29 is 8.42 Å². The molecular formula is C16H16ClN3O2S. The van der Waals surface area contributed by atoms with E-state index in [0.717, 1.165) is 29.9 Å². The number of benzene rings is 2. The highest BCUT2D eigenvalue weighted by Gasteiger charge is 2.15. The van der Waals surface area contributed by atoms with Crippen LogP contribution in [-0.4, -0.2) is 18.0 Å². The molecule has 0 saturated heterocycles. The lowest BCUT2D eigenvalue weighted by molar-refractivity contribution is 0.598. The fourth-order valence-electron chi connectivity index (χ4n) is 2.58. The van der Waals surface area contributed by atoms with Crippen molar-refractivity contribution in [3.8, 4) is 11.4 Å². The van der Waals surface area contributed by atoms with E-state index in [1.165, 1.54) is 12.1 Å². The van der Waals surface area contributed by atoms with E-state index in [-0.39, 0.29) is 4.90 Å². The van der Waals surface area contributed by atoms with Crippen LogP contribution >= 0.6 is 11.6 Å². The van der Waals surface area contributed by atoms with Crippen molar-refractivity contribution in [2.45, 2.75) is 24.8 Å². The third-order valence-electron chi connectivity index (χ3n) is 3.58. The molecule has 3 aromatic rings. The molecule has 2 aromatic carbocycles. The molecule has 0 bridgehead atoms. The number of fused-ring (bicyclic) bond motifs is 1. The van der Waals surface area contributed by atoms with Gasteiger partial charge in [-0.2, -0.15) is 0 Å². The lowest BCUT2D eigenvalue weighted by Gasteiger charge is -2.08. The van der Waals surface area contributed by atoms with E-state index < -0.39 is 10.0 Å². The third kappa shape index (κ3) is 3.10. The van der Waals surface area contributed by atoms with Crippen molar-refractivity contribution in [1.29, 1.82) is 0 Å². The van der Waals surface area contributed by atoms with Gasteiger partial charge in [-0.1, -0.05) is 30.7 Å². The molecule has 7 heteroatoms. The minimum absolute atomic E-state index is 0.0591. The maximum atomic E-state index is 11.5. The zero-order chi connectivity index (χ0) is 16.6. The number of primary sulfonamides is 1. The molecule has 0 aliphatic heterocycles. The second kappa shape index (κ2) is 5.96. The van der Waals surface area contributed by atoms with E-state index in [1.807, 2.05) is 18.2 Å². The first-order valence-corrected chi connectivity index (χ1v) is 9.11. The molecule has 1 heterocycles. The molecule has 120 valence electrons. The van der Waals surface area contributed by atoms with Crippen LogP contribution in [0.2, 0.25) is 5.02 Å². The Hall–Kier alpha value is -1.89. The molecule has 0 aliphatic rings. The number of hydrogen-bond donors (Lipinski definition) is 1. The van der Waals surface area contributed by atoms with E-state index in [0.29, 0.717) is 10.5 Å². The Morgan fingerprint density at radius 2 is 2.00 bits per heavy atom. The van der Waals surface area contributed by atoms with Crippen molar-refractivity contribution in [2.75, 3.05) is 0 Å². The SMILES string of the molecule is CCCn1c(-c2cccc(Cl)c2)nc2cc(S(N)(=O)=O)ccc21. The van der Waals surface area contributed by atoms with Gasteiger partial charge in [-0.15, -0.1) is 0 Å². The molecular weight excluding hydrogens is 334 g/mol. The van der Waals surface area contributed by atoms with Crippen LogP contribution in [0.5, 0.6) is 0 Å². The summed E-state index contributed by atoms with van der Waals surface area (Å²) in [7, 11) is -3.75. The second-order valence-corrected chi connectivity index (χ2v) is 7.29. The monoisotopic (exact) mass is 349 g/mol. The molecule has 0 spiro atoms. The Balaban J connectivity index is 2.26. The lowest BCUT2D eigenvalue weighted by atomic mass is 10.2. The Morgan fingerprint density at radius 1 is 1.22 bits per heavy atom. The number of nitrogens with two attached hydrogens (primary N) is 1. The van der Waals surface area contributed by atoms with Crippen LogP contribution < -0.4 is 5.14 Å². The number of halogens is 1. The summed E-state index contributed by atoms with van der Waals surface area (Å²) in [4.78, 5) is 4.66. The van der Waals surface area contributed by atoms with Gasteiger partial charge in [0.25, 0.3) is 0 Å². The minimum atomic E-state index is -3.75. The van der Waals surface area contributed by atoms with Gasteiger partial charge in [0.15, 0.2) is 0 Å². The van der Waals surface area contributed by atoms with Gasteiger partial charge in [0.05, 0.1) is 15.9 Å². The van der Waals surface area contributed by atoms with Crippen LogP contribution in [0, 0.1) is 0 Å². The summed E-state index contributed by atoms with van der Waals surface area (Å²) >= 11 is 6.08. The Bertz CT molecular complexity index is 980. The van der Waals surface area contributed by atoms with Gasteiger partial charge in [0, 0.05) is 17.1 Å². The fraction of sp³-hybridized carbons (Fsp3) is 0.188. The summed E-state index contributed by atoms with van der Waals surface area (Å²) in [5, 5.41) is 5.83. The van der Waals surface area contributed by atoms with Gasteiger partial charge in [-0.3, -0.25) is 0 Å². The van der Waals surface area contributed by atoms with Crippen molar-refractivity contribution in [3.05, 3.63) is 47.5 Å². The van der Waals surface area contributed by atoms with E-state index in [4.69, 9.17) is 16.7 Å². The molecule has 0 unspecified atom stereocenters. The highest BCUT2D eigenvalue weighted by atomic mass is 35.5. The van der Waals surface area contributed by atoms with Crippen molar-refractivity contribution >= 4 is 32.7 Å². The molecule has 0 atom stereocenters. The van der Waals surface area contributed by atoms with Gasteiger partial charge >= 0.3 is 0 Å². The van der Waals surface area contributed by atoms with Crippen LogP contribution in [0.4, 0.5) is 0 Å². The molecule has 2 N–H and O–H groups in total. The number of rotatable bonds is 4. The van der Waals surface area contributed by atoms with E-state index >= 15 is 0 Å². The summed E-state index contributed by atoms with van der Waals surface area (Å²) < 4.78 is 25.1. The zero-order valence-corrected chi connectivity index (χ0v) is 14.1. The predicted octanol–water partition coefficient (Wildman–Crippen LogP) is 3.41. The van der Waals surface area contributed by atoms with Crippen LogP contribution in [0.25, 0.3) is 22.4 Å². The van der Waals surface area contributed by atoms with Gasteiger partial charge in [-0.05, 0) is 36.8 Å². The first-order valence-electron chi connectivity index (χ1n) is 7.19. The maximum absolute atomic E-state index is 11.5. The lowest BCUT2D eigenvalue weighted by Crippen LogP contribution is -2.11. The molecule has 23 heavy (non-hydrogen) atoms. The fourth-order valence-corrected chi connectivity index (χ4v) is 3.31. The average Bonchev–Trinajstić information content (AvgIpc) is 2.85. The van der Waals surface area contributed by atoms with E-state index in [2.05, 4.69) is 16.5 Å². The standard InChI is InChI=1S/C16H16ClN3O2S/c1-2-8-20-15-7-6-13(23(18,21)22)10-14(15)19-16(20)11-4-3-5-12(17)9-11/h3-7,9-10H,2,8H2,1H3,(H2,18,21,22). The summed E-state index contributed by atoms with van der Waals surface area (Å²) in [6.07, 6.45) is 0.927. The van der Waals surface area contributed by atoms with Crippen LogP contribution in [-0.2, 0) is 16.6 Å². The van der Waals surface area contributed by atoms with E-state index in [1.54, 1.807) is 12.1 Å². The highest BCUT2D eigenvalue weighted by Crippen LogP contribution is 2.28. The van der Waals surface area contributed by atoms with Gasteiger partial charge in [0.1, 0.15) is 5.82 Å². The summed E-state index contributed by atoms with van der Waals surface area (Å²) in [6.45, 7) is 2.85. The molecule has 5 nitrogen and oxygen atoms in total. The average molecular weight is 350 g/mol. The highest BCUT2D eigenvalue weighted by molar-refractivity contribution is 7.89. The Kier molecular flexibility index (Phi) is 4.14. The Labute approximate surface area is 139 Å². The third-order valence-corrected chi connectivity index (χ3v) is 4.72. The maximum Gasteiger partial charge on any atom is 0.238 e. The van der Waals surface area contributed by atoms with Gasteiger partial charge in [-0.25, -0.2) is 18.5 Å². The molecule has 0 radical (unpaired) electrons. The minimum Gasteiger partial charge on any atom is -0.324 e. The summed E-state index contributed by atoms with van der Waals surface area (Å²) in [6, 6.07) is 12.2. The second-order valence-electron chi connectivity index (χ2n) is 5.29. The van der Waals surface area contributed by atoms with Crippen molar-refractivity contribution in [3.63, 3.8) is 0 Å². The number of hydrogen-bond acceptors (Lipinski definition) is 3. The topological polar surface area (TPSA) is 78.0 Å². The molecule has 0 aliphatic carbocycles. The molecule has 0 amide bonds. The molecule has 1 aromatic heterocycles. The van der Waals surface area contributed by atoms with Crippen molar-refractivity contribution in [1.82, 2.24) is 9.55 Å². The normalized spacial score (nSPS) is 12.0. The zero-order valence-electron chi connectivity index (χ0n) is 12.5. The van der Waals surface area contributed by atoms with Crippen LogP contribution in [0.15, 0.2) is 47.4 Å². The first-order chi connectivity index (χ1) is 10.9. The van der Waals surface area contributed by atoms with Gasteiger partial charge < -0.3 is 4.57 Å². The number of sulfonamides is 1. The molecule has 0 saturated carbocycles. The quantitative estimate of drug-likeness (QED) is 0.783. The first kappa shape index (κ1) is 16.0. The predicted molar refractivity (Wildman–Crippen MR) is 91.8 cm³/mol. The Morgan fingerprint density at radius 3 is 2.65 bits per heavy atom. The number of aromatic nitrogens is 2. The number of imidazole rings is 1. The smallest absolute Gasteiger partial charge is 0.238 e. The summed E-state index contributed by atoms with van der Waals surface area (Å²) in [5.74, 6) is 0.760. The van der Waals surface area contributed by atoms with Crippen LogP contribution in [0.1, 0.15) is 13.3 Å². The molecule has 0 fully saturated rings. The largest absolute Gasteiger partial charge is 0.324 e. The number of aryl methyl sites for hydroxylation is 1. The van der Waals surface area contributed by atoms with Crippen LogP contribution in [0.3, 0.4) is 0 Å². The van der Waals surface area contributed by atoms with Gasteiger partial charge in [0.2, 0.25) is 10.0 Å². The number of nitrogens with zero attached hydrogens (tertiary/aromatic N) is 2. The van der Waals surface area contributed by atoms with E-state index in [9.17, 15) is 8.42 Å².